The Morgan fingerprint density at radius 2 is 2.00 bits per heavy atom. The van der Waals surface area contributed by atoms with Crippen molar-refractivity contribution in [3.63, 3.8) is 0 Å². The zero-order valence-corrected chi connectivity index (χ0v) is 13.8. The van der Waals surface area contributed by atoms with Crippen molar-refractivity contribution in [3.8, 4) is 5.75 Å². The predicted octanol–water partition coefficient (Wildman–Crippen LogP) is 2.32. The van der Waals surface area contributed by atoms with E-state index in [-0.39, 0.29) is 29.9 Å². The number of hydrogen-bond donors (Lipinski definition) is 1. The summed E-state index contributed by atoms with van der Waals surface area (Å²) in [5, 5.41) is 10.4. The monoisotopic (exact) mass is 345 g/mol. The van der Waals surface area contributed by atoms with Crippen molar-refractivity contribution in [3.05, 3.63) is 53.3 Å². The number of nitrogens with zero attached hydrogens (tertiary/aromatic N) is 3. The topological polar surface area (TPSA) is 73.7 Å². The standard InChI is InChI=1S/C17H16ClN3O3/c1-11-9-21(13-6-4-12(18)5-7-13)15(23)10-20(11)17(24)16-14(22)3-2-8-19-16/h2-8,11,22H,9-10H2,1H3. The summed E-state index contributed by atoms with van der Waals surface area (Å²) in [5.74, 6) is -0.842. The molecule has 2 amide bonds. The molecule has 1 fully saturated rings. The van der Waals surface area contributed by atoms with Crippen LogP contribution < -0.4 is 4.90 Å². The molecule has 1 unspecified atom stereocenters. The van der Waals surface area contributed by atoms with E-state index < -0.39 is 5.91 Å². The molecule has 1 aliphatic heterocycles. The van der Waals surface area contributed by atoms with Crippen LogP contribution in [0, 0.1) is 0 Å². The maximum absolute atomic E-state index is 12.6. The van der Waals surface area contributed by atoms with Gasteiger partial charge in [0.25, 0.3) is 5.91 Å². The number of benzene rings is 1. The molecule has 7 heteroatoms. The van der Waals surface area contributed by atoms with Crippen molar-refractivity contribution >= 4 is 29.1 Å². The molecule has 0 aliphatic carbocycles. The number of carbonyl (C=O) groups excluding carboxylic acids is 2. The van der Waals surface area contributed by atoms with Gasteiger partial charge in [0.15, 0.2) is 5.69 Å². The van der Waals surface area contributed by atoms with Crippen LogP contribution >= 0.6 is 11.6 Å². The van der Waals surface area contributed by atoms with Crippen LogP contribution in [0.1, 0.15) is 17.4 Å². The van der Waals surface area contributed by atoms with E-state index in [2.05, 4.69) is 4.98 Å². The number of piperazine rings is 1. The van der Waals surface area contributed by atoms with Crippen molar-refractivity contribution in [1.29, 1.82) is 0 Å². The third kappa shape index (κ3) is 3.05. The van der Waals surface area contributed by atoms with Crippen LogP contribution in [0.15, 0.2) is 42.6 Å². The molecule has 3 rings (SSSR count). The zero-order chi connectivity index (χ0) is 17.3. The second kappa shape index (κ2) is 6.49. The van der Waals surface area contributed by atoms with Crippen molar-refractivity contribution in [2.75, 3.05) is 18.0 Å². The van der Waals surface area contributed by atoms with E-state index in [9.17, 15) is 14.7 Å². The Balaban J connectivity index is 1.81. The van der Waals surface area contributed by atoms with E-state index in [0.717, 1.165) is 5.69 Å². The number of pyridine rings is 1. The molecule has 1 atom stereocenters. The largest absolute Gasteiger partial charge is 0.505 e. The summed E-state index contributed by atoms with van der Waals surface area (Å²) in [7, 11) is 0. The number of aromatic hydroxyl groups is 1. The van der Waals surface area contributed by atoms with Crippen LogP contribution in [0.4, 0.5) is 5.69 Å². The first-order valence-electron chi connectivity index (χ1n) is 7.48. The third-order valence-electron chi connectivity index (χ3n) is 3.97. The molecule has 24 heavy (non-hydrogen) atoms. The molecule has 1 N–H and O–H groups in total. The minimum Gasteiger partial charge on any atom is -0.505 e. The van der Waals surface area contributed by atoms with E-state index in [1.165, 1.54) is 17.2 Å². The first-order valence-corrected chi connectivity index (χ1v) is 7.86. The molecule has 6 nitrogen and oxygen atoms in total. The summed E-state index contributed by atoms with van der Waals surface area (Å²) in [5.41, 5.74) is 0.695. The Hall–Kier alpha value is -2.60. The van der Waals surface area contributed by atoms with Gasteiger partial charge in [-0.15, -0.1) is 0 Å². The van der Waals surface area contributed by atoms with Gasteiger partial charge in [-0.25, -0.2) is 4.98 Å². The molecular weight excluding hydrogens is 330 g/mol. The van der Waals surface area contributed by atoms with E-state index in [4.69, 9.17) is 11.6 Å². The summed E-state index contributed by atoms with van der Waals surface area (Å²) in [4.78, 5) is 32.0. The Morgan fingerprint density at radius 3 is 2.67 bits per heavy atom. The maximum atomic E-state index is 12.6. The average Bonchev–Trinajstić information content (AvgIpc) is 2.57. The Kier molecular flexibility index (Phi) is 4.40. The number of aromatic nitrogens is 1. The quantitative estimate of drug-likeness (QED) is 0.906. The van der Waals surface area contributed by atoms with Crippen LogP contribution in [0.25, 0.3) is 0 Å². The smallest absolute Gasteiger partial charge is 0.277 e. The molecular formula is C17H16ClN3O3. The lowest BCUT2D eigenvalue weighted by Gasteiger charge is -2.39. The van der Waals surface area contributed by atoms with Gasteiger partial charge in [-0.1, -0.05) is 11.6 Å². The fourth-order valence-corrected chi connectivity index (χ4v) is 2.82. The second-order valence-corrected chi connectivity index (χ2v) is 6.07. The molecule has 0 radical (unpaired) electrons. The highest BCUT2D eigenvalue weighted by molar-refractivity contribution is 6.30. The summed E-state index contributed by atoms with van der Waals surface area (Å²) < 4.78 is 0. The maximum Gasteiger partial charge on any atom is 0.277 e. The number of rotatable bonds is 2. The van der Waals surface area contributed by atoms with E-state index in [1.807, 2.05) is 6.92 Å². The van der Waals surface area contributed by atoms with Crippen molar-refractivity contribution in [2.45, 2.75) is 13.0 Å². The van der Waals surface area contributed by atoms with Gasteiger partial charge in [0, 0.05) is 29.5 Å². The van der Waals surface area contributed by atoms with Gasteiger partial charge in [0.05, 0.1) is 0 Å². The lowest BCUT2D eigenvalue weighted by molar-refractivity contribution is -0.121. The van der Waals surface area contributed by atoms with Crippen LogP contribution in [-0.4, -0.2) is 45.9 Å². The van der Waals surface area contributed by atoms with E-state index in [0.29, 0.717) is 11.6 Å². The van der Waals surface area contributed by atoms with E-state index >= 15 is 0 Å². The van der Waals surface area contributed by atoms with E-state index in [1.54, 1.807) is 35.2 Å². The molecule has 1 aromatic carbocycles. The minimum absolute atomic E-state index is 0.0444. The number of anilines is 1. The summed E-state index contributed by atoms with van der Waals surface area (Å²) in [6, 6.07) is 9.71. The highest BCUT2D eigenvalue weighted by Crippen LogP contribution is 2.24. The van der Waals surface area contributed by atoms with Crippen molar-refractivity contribution in [2.24, 2.45) is 0 Å². The van der Waals surface area contributed by atoms with Crippen LogP contribution in [0.2, 0.25) is 5.02 Å². The molecule has 0 spiro atoms. The fourth-order valence-electron chi connectivity index (χ4n) is 2.69. The first-order chi connectivity index (χ1) is 11.5. The minimum atomic E-state index is -0.454. The lowest BCUT2D eigenvalue weighted by Crippen LogP contribution is -2.57. The molecule has 1 aliphatic rings. The molecule has 2 aromatic rings. The van der Waals surface area contributed by atoms with Gasteiger partial charge in [-0.2, -0.15) is 0 Å². The lowest BCUT2D eigenvalue weighted by atomic mass is 10.1. The van der Waals surface area contributed by atoms with Crippen LogP contribution in [0.3, 0.4) is 0 Å². The first kappa shape index (κ1) is 16.3. The summed E-state index contributed by atoms with van der Waals surface area (Å²) >= 11 is 5.88. The molecule has 0 saturated carbocycles. The van der Waals surface area contributed by atoms with Crippen molar-refractivity contribution in [1.82, 2.24) is 9.88 Å². The third-order valence-corrected chi connectivity index (χ3v) is 4.23. The normalized spacial score (nSPS) is 17.9. The zero-order valence-electron chi connectivity index (χ0n) is 13.0. The Morgan fingerprint density at radius 1 is 1.29 bits per heavy atom. The average molecular weight is 346 g/mol. The van der Waals surface area contributed by atoms with Crippen molar-refractivity contribution < 1.29 is 14.7 Å². The van der Waals surface area contributed by atoms with Gasteiger partial charge in [0.2, 0.25) is 5.91 Å². The summed E-state index contributed by atoms with van der Waals surface area (Å²) in [6.45, 7) is 2.14. The second-order valence-electron chi connectivity index (χ2n) is 5.63. The fraction of sp³-hybridized carbons (Fsp3) is 0.235. The van der Waals surface area contributed by atoms with Gasteiger partial charge in [-0.3, -0.25) is 9.59 Å². The van der Waals surface area contributed by atoms with Gasteiger partial charge in [-0.05, 0) is 43.3 Å². The molecule has 0 bridgehead atoms. The molecule has 1 aromatic heterocycles. The number of hydrogen-bond acceptors (Lipinski definition) is 4. The highest BCUT2D eigenvalue weighted by Gasteiger charge is 2.34. The van der Waals surface area contributed by atoms with Gasteiger partial charge >= 0.3 is 0 Å². The number of amides is 2. The number of carbonyl (C=O) groups is 2. The molecule has 2 heterocycles. The van der Waals surface area contributed by atoms with Crippen LogP contribution in [-0.2, 0) is 4.79 Å². The summed E-state index contributed by atoms with van der Waals surface area (Å²) in [6.07, 6.45) is 1.43. The Labute approximate surface area is 144 Å². The molecule has 1 saturated heterocycles. The SMILES string of the molecule is CC1CN(c2ccc(Cl)cc2)C(=O)CN1C(=O)c1ncccc1O. The molecule has 124 valence electrons. The van der Waals surface area contributed by atoms with Gasteiger partial charge < -0.3 is 14.9 Å². The predicted molar refractivity (Wildman–Crippen MR) is 90.2 cm³/mol. The Bertz CT molecular complexity index is 779. The highest BCUT2D eigenvalue weighted by atomic mass is 35.5. The van der Waals surface area contributed by atoms with Crippen LogP contribution in [0.5, 0.6) is 5.75 Å². The number of halogens is 1. The van der Waals surface area contributed by atoms with Gasteiger partial charge in [0.1, 0.15) is 12.3 Å².